The summed E-state index contributed by atoms with van der Waals surface area (Å²) in [6.07, 6.45) is 5.15. The van der Waals surface area contributed by atoms with Crippen LogP contribution in [0.2, 0.25) is 0 Å². The number of hydrogen-bond acceptors (Lipinski definition) is 3. The summed E-state index contributed by atoms with van der Waals surface area (Å²) in [5.74, 6) is 0.832. The Kier molecular flexibility index (Phi) is 2.13. The summed E-state index contributed by atoms with van der Waals surface area (Å²) in [5, 5.41) is 0. The number of rotatable bonds is 2. The summed E-state index contributed by atoms with van der Waals surface area (Å²) in [7, 11) is 0. The van der Waals surface area contributed by atoms with Crippen molar-refractivity contribution in [2.75, 3.05) is 18.0 Å². The third-order valence-corrected chi connectivity index (χ3v) is 3.06. The summed E-state index contributed by atoms with van der Waals surface area (Å²) in [5.41, 5.74) is 1.50. The van der Waals surface area contributed by atoms with E-state index in [2.05, 4.69) is 9.88 Å². The molecule has 0 bridgehead atoms. The largest absolute Gasteiger partial charge is 0.355 e. The van der Waals surface area contributed by atoms with Gasteiger partial charge < -0.3 is 4.90 Å². The minimum Gasteiger partial charge on any atom is -0.355 e. The van der Waals surface area contributed by atoms with Gasteiger partial charge in [-0.05, 0) is 25.0 Å². The highest BCUT2D eigenvalue weighted by molar-refractivity contribution is 5.83. The molecule has 0 radical (unpaired) electrons. The Morgan fingerprint density at radius 1 is 1.25 bits per heavy atom. The maximum absolute atomic E-state index is 11.2. The third kappa shape index (κ3) is 1.30. The van der Waals surface area contributed by atoms with Crippen LogP contribution in [-0.4, -0.2) is 28.8 Å². The lowest BCUT2D eigenvalue weighted by Gasteiger charge is -2.14. The molecule has 1 saturated heterocycles. The van der Waals surface area contributed by atoms with Crippen LogP contribution in [0.25, 0.3) is 5.65 Å². The standard InChI is InChI=1S/C12H13N3O/c16-9-10-12(14-6-3-4-7-14)13-11-5-1-2-8-15(10)11/h1-2,5,8-9H,3-4,6-7H2. The maximum atomic E-state index is 11.2. The maximum Gasteiger partial charge on any atom is 0.170 e. The van der Waals surface area contributed by atoms with Crippen molar-refractivity contribution in [1.29, 1.82) is 0 Å². The van der Waals surface area contributed by atoms with Crippen LogP contribution < -0.4 is 4.90 Å². The first-order valence-corrected chi connectivity index (χ1v) is 5.57. The molecule has 0 amide bonds. The van der Waals surface area contributed by atoms with E-state index in [0.29, 0.717) is 5.69 Å². The van der Waals surface area contributed by atoms with Gasteiger partial charge in [-0.15, -0.1) is 0 Å². The zero-order chi connectivity index (χ0) is 11.0. The SMILES string of the molecule is O=Cc1c(N2CCCC2)nc2ccccn12. The second-order valence-electron chi connectivity index (χ2n) is 4.06. The fourth-order valence-electron chi connectivity index (χ4n) is 2.27. The minimum absolute atomic E-state index is 0.664. The molecule has 0 saturated carbocycles. The Labute approximate surface area is 93.5 Å². The molecule has 3 rings (SSSR count). The van der Waals surface area contributed by atoms with E-state index in [-0.39, 0.29) is 0 Å². The van der Waals surface area contributed by atoms with Crippen molar-refractivity contribution in [2.45, 2.75) is 12.8 Å². The molecule has 4 nitrogen and oxygen atoms in total. The highest BCUT2D eigenvalue weighted by Crippen LogP contribution is 2.23. The molecule has 0 N–H and O–H groups in total. The fraction of sp³-hybridized carbons (Fsp3) is 0.333. The highest BCUT2D eigenvalue weighted by Gasteiger charge is 2.20. The van der Waals surface area contributed by atoms with Crippen molar-refractivity contribution in [2.24, 2.45) is 0 Å². The van der Waals surface area contributed by atoms with Crippen LogP contribution >= 0.6 is 0 Å². The molecule has 4 heteroatoms. The van der Waals surface area contributed by atoms with Gasteiger partial charge in [-0.25, -0.2) is 4.98 Å². The van der Waals surface area contributed by atoms with E-state index in [0.717, 1.165) is 30.8 Å². The first-order chi connectivity index (χ1) is 7.90. The van der Waals surface area contributed by atoms with Crippen LogP contribution in [0.1, 0.15) is 23.3 Å². The topological polar surface area (TPSA) is 37.6 Å². The summed E-state index contributed by atoms with van der Waals surface area (Å²) < 4.78 is 1.85. The molecule has 16 heavy (non-hydrogen) atoms. The average Bonchev–Trinajstić information content (AvgIpc) is 2.95. The smallest absolute Gasteiger partial charge is 0.170 e. The number of carbonyl (C=O) groups is 1. The van der Waals surface area contributed by atoms with Gasteiger partial charge in [0.1, 0.15) is 11.3 Å². The van der Waals surface area contributed by atoms with Gasteiger partial charge in [0, 0.05) is 19.3 Å². The monoisotopic (exact) mass is 215 g/mol. The molecular formula is C12H13N3O. The molecule has 1 aliphatic rings. The van der Waals surface area contributed by atoms with Crippen LogP contribution in [0, 0.1) is 0 Å². The molecule has 0 aromatic carbocycles. The van der Waals surface area contributed by atoms with Gasteiger partial charge >= 0.3 is 0 Å². The van der Waals surface area contributed by atoms with Gasteiger partial charge in [-0.3, -0.25) is 9.20 Å². The molecule has 2 aromatic heterocycles. The van der Waals surface area contributed by atoms with Crippen molar-refractivity contribution in [3.8, 4) is 0 Å². The fourth-order valence-corrected chi connectivity index (χ4v) is 2.27. The number of anilines is 1. The average molecular weight is 215 g/mol. The molecule has 82 valence electrons. The molecule has 3 heterocycles. The van der Waals surface area contributed by atoms with E-state index < -0.39 is 0 Å². The number of carbonyl (C=O) groups excluding carboxylic acids is 1. The third-order valence-electron chi connectivity index (χ3n) is 3.06. The molecular weight excluding hydrogens is 202 g/mol. The van der Waals surface area contributed by atoms with Gasteiger partial charge in [0.2, 0.25) is 0 Å². The van der Waals surface area contributed by atoms with Crippen molar-refractivity contribution in [1.82, 2.24) is 9.38 Å². The second-order valence-corrected chi connectivity index (χ2v) is 4.06. The lowest BCUT2D eigenvalue weighted by atomic mass is 10.4. The Bertz CT molecular complexity index is 526. The summed E-state index contributed by atoms with van der Waals surface area (Å²) >= 11 is 0. The summed E-state index contributed by atoms with van der Waals surface area (Å²) in [4.78, 5) is 17.9. The van der Waals surface area contributed by atoms with Gasteiger partial charge in [-0.2, -0.15) is 0 Å². The van der Waals surface area contributed by atoms with Gasteiger partial charge in [-0.1, -0.05) is 6.07 Å². The first-order valence-electron chi connectivity index (χ1n) is 5.57. The van der Waals surface area contributed by atoms with Crippen molar-refractivity contribution in [3.05, 3.63) is 30.1 Å². The normalized spacial score (nSPS) is 15.9. The van der Waals surface area contributed by atoms with Crippen LogP contribution in [-0.2, 0) is 0 Å². The van der Waals surface area contributed by atoms with E-state index in [9.17, 15) is 4.79 Å². The number of aldehydes is 1. The van der Waals surface area contributed by atoms with Crippen molar-refractivity contribution in [3.63, 3.8) is 0 Å². The molecule has 0 atom stereocenters. The van der Waals surface area contributed by atoms with E-state index in [4.69, 9.17) is 0 Å². The summed E-state index contributed by atoms with van der Waals surface area (Å²) in [6.45, 7) is 2.01. The Morgan fingerprint density at radius 3 is 2.81 bits per heavy atom. The number of aromatic nitrogens is 2. The zero-order valence-corrected chi connectivity index (χ0v) is 8.97. The van der Waals surface area contributed by atoms with Crippen molar-refractivity contribution >= 4 is 17.8 Å². The van der Waals surface area contributed by atoms with Crippen LogP contribution in [0.15, 0.2) is 24.4 Å². The van der Waals surface area contributed by atoms with E-state index in [1.165, 1.54) is 12.8 Å². The van der Waals surface area contributed by atoms with Gasteiger partial charge in [0.05, 0.1) is 0 Å². The predicted molar refractivity (Wildman–Crippen MR) is 62.0 cm³/mol. The van der Waals surface area contributed by atoms with E-state index in [1.54, 1.807) is 0 Å². The van der Waals surface area contributed by atoms with Gasteiger partial charge in [0.25, 0.3) is 0 Å². The Morgan fingerprint density at radius 2 is 2.06 bits per heavy atom. The second kappa shape index (κ2) is 3.63. The molecule has 0 aliphatic carbocycles. The zero-order valence-electron chi connectivity index (χ0n) is 8.97. The van der Waals surface area contributed by atoms with Crippen LogP contribution in [0.4, 0.5) is 5.82 Å². The number of imidazole rings is 1. The quantitative estimate of drug-likeness (QED) is 0.716. The van der Waals surface area contributed by atoms with E-state index in [1.807, 2.05) is 28.8 Å². The Hall–Kier alpha value is -1.84. The van der Waals surface area contributed by atoms with Crippen LogP contribution in [0.5, 0.6) is 0 Å². The number of pyridine rings is 1. The predicted octanol–water partition coefficient (Wildman–Crippen LogP) is 1.75. The number of nitrogens with zero attached hydrogens (tertiary/aromatic N) is 3. The van der Waals surface area contributed by atoms with E-state index >= 15 is 0 Å². The first kappa shape index (κ1) is 9.39. The molecule has 1 fully saturated rings. The number of hydrogen-bond donors (Lipinski definition) is 0. The Balaban J connectivity index is 2.19. The lowest BCUT2D eigenvalue weighted by Crippen LogP contribution is -2.19. The molecule has 2 aromatic rings. The van der Waals surface area contributed by atoms with Crippen LogP contribution in [0.3, 0.4) is 0 Å². The molecule has 0 unspecified atom stereocenters. The molecule has 1 aliphatic heterocycles. The lowest BCUT2D eigenvalue weighted by molar-refractivity contribution is 0.111. The molecule has 0 spiro atoms. The summed E-state index contributed by atoms with van der Waals surface area (Å²) in [6, 6.07) is 5.77. The van der Waals surface area contributed by atoms with Gasteiger partial charge in [0.15, 0.2) is 12.1 Å². The van der Waals surface area contributed by atoms with Crippen molar-refractivity contribution < 1.29 is 4.79 Å². The highest BCUT2D eigenvalue weighted by atomic mass is 16.1. The minimum atomic E-state index is 0.664. The number of fused-ring (bicyclic) bond motifs is 1.